The molecular weight excluding hydrogens is 424 g/mol. The van der Waals surface area contributed by atoms with Crippen LogP contribution in [0.15, 0.2) is 60.8 Å². The normalized spacial score (nSPS) is 13.2. The average molecular weight is 453 g/mol. The zero-order valence-electron chi connectivity index (χ0n) is 19.1. The summed E-state index contributed by atoms with van der Waals surface area (Å²) in [5.41, 5.74) is 0.973. The van der Waals surface area contributed by atoms with E-state index >= 15 is 0 Å². The quantitative estimate of drug-likeness (QED) is 0.556. The van der Waals surface area contributed by atoms with E-state index in [-0.39, 0.29) is 6.42 Å². The fourth-order valence-corrected chi connectivity index (χ4v) is 3.47. The molecule has 0 saturated heterocycles. The van der Waals surface area contributed by atoms with Crippen LogP contribution in [0.5, 0.6) is 0 Å². The lowest BCUT2D eigenvalue weighted by Crippen LogP contribution is -2.45. The Morgan fingerprint density at radius 2 is 1.67 bits per heavy atom. The minimum Gasteiger partial charge on any atom is -0.467 e. The minimum atomic E-state index is -1.44. The maximum absolute atomic E-state index is 12.7. The summed E-state index contributed by atoms with van der Waals surface area (Å²) in [6.45, 7) is 5.33. The number of rotatable bonds is 6. The number of benzene rings is 2. The summed E-state index contributed by atoms with van der Waals surface area (Å²) in [4.78, 5) is 37.8. The molecule has 174 valence electrons. The van der Waals surface area contributed by atoms with Crippen molar-refractivity contribution < 1.29 is 29.0 Å². The molecule has 0 aliphatic rings. The first-order chi connectivity index (χ1) is 15.6. The van der Waals surface area contributed by atoms with Gasteiger partial charge in [-0.3, -0.25) is 9.36 Å². The van der Waals surface area contributed by atoms with Gasteiger partial charge in [-0.05, 0) is 38.0 Å². The summed E-state index contributed by atoms with van der Waals surface area (Å²) in [7, 11) is 1.22. The second-order valence-electron chi connectivity index (χ2n) is 8.62. The van der Waals surface area contributed by atoms with Gasteiger partial charge in [0.25, 0.3) is 5.91 Å². The molecule has 1 amide bonds. The highest BCUT2D eigenvalue weighted by molar-refractivity contribution is 5.93. The van der Waals surface area contributed by atoms with E-state index in [1.807, 2.05) is 12.1 Å². The van der Waals surface area contributed by atoms with Gasteiger partial charge in [-0.2, -0.15) is 0 Å². The van der Waals surface area contributed by atoms with Crippen molar-refractivity contribution in [3.8, 4) is 0 Å². The lowest BCUT2D eigenvalue weighted by atomic mass is 10.0. The van der Waals surface area contributed by atoms with Crippen LogP contribution in [0.3, 0.4) is 0 Å². The molecule has 0 aliphatic heterocycles. The highest BCUT2D eigenvalue weighted by Gasteiger charge is 2.28. The number of esters is 1. The number of methoxy groups -OCH3 is 1. The molecule has 0 saturated carbocycles. The molecule has 33 heavy (non-hydrogen) atoms. The fraction of sp³-hybridized carbons (Fsp3) is 0.320. The van der Waals surface area contributed by atoms with Crippen LogP contribution in [0.25, 0.3) is 10.9 Å². The number of hydrogen-bond donors (Lipinski definition) is 2. The molecular formula is C25H28N2O6. The fourth-order valence-electron chi connectivity index (χ4n) is 3.47. The second kappa shape index (κ2) is 9.87. The number of fused-ring (bicyclic) bond motifs is 1. The Balaban J connectivity index is 1.89. The molecule has 1 aromatic heterocycles. The Kier molecular flexibility index (Phi) is 7.18. The van der Waals surface area contributed by atoms with Gasteiger partial charge in [-0.15, -0.1) is 0 Å². The molecule has 2 N–H and O–H groups in total. The smallest absolute Gasteiger partial charge is 0.419 e. The van der Waals surface area contributed by atoms with Crippen molar-refractivity contribution in [2.75, 3.05) is 7.11 Å². The van der Waals surface area contributed by atoms with Crippen LogP contribution in [-0.2, 0) is 25.5 Å². The number of ether oxygens (including phenoxy) is 2. The first kappa shape index (κ1) is 24.0. The molecule has 0 spiro atoms. The molecule has 0 unspecified atom stereocenters. The van der Waals surface area contributed by atoms with Crippen molar-refractivity contribution in [2.24, 2.45) is 0 Å². The summed E-state index contributed by atoms with van der Waals surface area (Å²) in [6.07, 6.45) is -0.352. The lowest BCUT2D eigenvalue weighted by Gasteiger charge is -2.20. The van der Waals surface area contributed by atoms with Gasteiger partial charge in [-0.1, -0.05) is 48.5 Å². The number of carbonyl (C=O) groups excluding carboxylic acids is 3. The first-order valence-electron chi connectivity index (χ1n) is 10.5. The third-order valence-corrected chi connectivity index (χ3v) is 4.97. The number of aliphatic hydroxyl groups excluding tert-OH is 1. The molecule has 2 atom stereocenters. The molecule has 0 fully saturated rings. The predicted octanol–water partition coefficient (Wildman–Crippen LogP) is 3.36. The van der Waals surface area contributed by atoms with Gasteiger partial charge in [-0.25, -0.2) is 9.59 Å². The van der Waals surface area contributed by atoms with Crippen LogP contribution in [0.4, 0.5) is 4.79 Å². The van der Waals surface area contributed by atoms with Gasteiger partial charge in [0.1, 0.15) is 11.6 Å². The maximum Gasteiger partial charge on any atom is 0.419 e. The van der Waals surface area contributed by atoms with Crippen LogP contribution in [0.1, 0.15) is 38.0 Å². The number of hydrogen-bond acceptors (Lipinski definition) is 6. The topological polar surface area (TPSA) is 107 Å². The van der Waals surface area contributed by atoms with E-state index in [2.05, 4.69) is 5.32 Å². The van der Waals surface area contributed by atoms with Crippen molar-refractivity contribution in [1.82, 2.24) is 9.88 Å². The Morgan fingerprint density at radius 1 is 1.03 bits per heavy atom. The second-order valence-corrected chi connectivity index (χ2v) is 8.62. The summed E-state index contributed by atoms with van der Waals surface area (Å²) >= 11 is 0. The van der Waals surface area contributed by atoms with Crippen molar-refractivity contribution in [2.45, 2.75) is 44.9 Å². The molecule has 2 aromatic carbocycles. The highest BCUT2D eigenvalue weighted by atomic mass is 16.6. The third kappa shape index (κ3) is 5.78. The van der Waals surface area contributed by atoms with Crippen molar-refractivity contribution >= 4 is 28.9 Å². The first-order valence-corrected chi connectivity index (χ1v) is 10.5. The predicted molar refractivity (Wildman–Crippen MR) is 123 cm³/mol. The monoisotopic (exact) mass is 452 g/mol. The molecule has 0 bridgehead atoms. The number of aliphatic hydroxyl groups is 1. The summed E-state index contributed by atoms with van der Waals surface area (Å²) in [6, 6.07) is 14.5. The molecule has 1 heterocycles. The van der Waals surface area contributed by atoms with E-state index in [1.165, 1.54) is 11.7 Å². The van der Waals surface area contributed by atoms with Gasteiger partial charge < -0.3 is 19.9 Å². The molecule has 8 heteroatoms. The lowest BCUT2D eigenvalue weighted by molar-refractivity contribution is -0.146. The Bertz CT molecular complexity index is 1150. The van der Waals surface area contributed by atoms with Crippen LogP contribution in [0.2, 0.25) is 0 Å². The van der Waals surface area contributed by atoms with Gasteiger partial charge >= 0.3 is 12.1 Å². The Hall–Kier alpha value is -3.65. The minimum absolute atomic E-state index is 0.0518. The number of nitrogens with one attached hydrogen (secondary N) is 1. The van der Waals surface area contributed by atoms with E-state index in [1.54, 1.807) is 69.4 Å². The van der Waals surface area contributed by atoms with Crippen molar-refractivity contribution in [1.29, 1.82) is 0 Å². The molecule has 8 nitrogen and oxygen atoms in total. The summed E-state index contributed by atoms with van der Waals surface area (Å²) in [5.74, 6) is -1.40. The van der Waals surface area contributed by atoms with E-state index in [0.29, 0.717) is 16.6 Å². The highest BCUT2D eigenvalue weighted by Crippen LogP contribution is 2.24. The zero-order valence-corrected chi connectivity index (χ0v) is 19.1. The van der Waals surface area contributed by atoms with Crippen LogP contribution in [0, 0.1) is 0 Å². The maximum atomic E-state index is 12.7. The van der Waals surface area contributed by atoms with Crippen molar-refractivity contribution in [3.63, 3.8) is 0 Å². The van der Waals surface area contributed by atoms with Gasteiger partial charge in [0, 0.05) is 18.0 Å². The van der Waals surface area contributed by atoms with Crippen LogP contribution >= 0.6 is 0 Å². The zero-order chi connectivity index (χ0) is 24.2. The Morgan fingerprint density at radius 3 is 2.30 bits per heavy atom. The summed E-state index contributed by atoms with van der Waals surface area (Å²) < 4.78 is 11.7. The summed E-state index contributed by atoms with van der Waals surface area (Å²) in [5, 5.41) is 13.7. The number of aromatic nitrogens is 1. The SMILES string of the molecule is COC(=O)[C@@H](Cc1cn(C(=O)OC(C)(C)C)c2ccccc12)NC(=O)[C@@H](O)c1ccccc1. The Labute approximate surface area is 192 Å². The molecule has 0 aliphatic carbocycles. The van der Waals surface area contributed by atoms with E-state index in [0.717, 1.165) is 5.39 Å². The van der Waals surface area contributed by atoms with E-state index in [4.69, 9.17) is 9.47 Å². The number of carbonyl (C=O) groups is 3. The average Bonchev–Trinajstić information content (AvgIpc) is 3.15. The number of nitrogens with zero attached hydrogens (tertiary/aromatic N) is 1. The molecule has 0 radical (unpaired) electrons. The third-order valence-electron chi connectivity index (χ3n) is 4.97. The molecule has 3 rings (SSSR count). The molecule has 3 aromatic rings. The van der Waals surface area contributed by atoms with Gasteiger partial charge in [0.05, 0.1) is 12.6 Å². The standard InChI is InChI=1S/C25H28N2O6/c1-25(2,3)33-24(31)27-15-17(18-12-8-9-13-20(18)27)14-19(23(30)32-4)26-22(29)21(28)16-10-6-5-7-11-16/h5-13,15,19,21,28H,14H2,1-4H3,(H,26,29)/t19-,21+/m1/s1. The van der Waals surface area contributed by atoms with Gasteiger partial charge in [0.15, 0.2) is 6.10 Å². The van der Waals surface area contributed by atoms with Crippen molar-refractivity contribution in [3.05, 3.63) is 71.9 Å². The number of para-hydroxylation sites is 1. The largest absolute Gasteiger partial charge is 0.467 e. The van der Waals surface area contributed by atoms with Gasteiger partial charge in [0.2, 0.25) is 0 Å². The number of amides is 1. The van der Waals surface area contributed by atoms with Crippen LogP contribution in [-0.4, -0.2) is 46.4 Å². The van der Waals surface area contributed by atoms with E-state index in [9.17, 15) is 19.5 Å². The van der Waals surface area contributed by atoms with Crippen LogP contribution < -0.4 is 5.32 Å². The van der Waals surface area contributed by atoms with E-state index < -0.39 is 35.7 Å².